The lowest BCUT2D eigenvalue weighted by atomic mass is 9.90. The molecule has 2 unspecified atom stereocenters. The van der Waals surface area contributed by atoms with Gasteiger partial charge in [0.05, 0.1) is 0 Å². The van der Waals surface area contributed by atoms with E-state index in [9.17, 15) is 4.79 Å². The van der Waals surface area contributed by atoms with E-state index in [1.54, 1.807) is 6.92 Å². The fraction of sp³-hybridized carbons (Fsp3) is 0.500. The van der Waals surface area contributed by atoms with Gasteiger partial charge in [0.25, 0.3) is 0 Å². The molecule has 1 aliphatic rings. The highest BCUT2D eigenvalue weighted by Crippen LogP contribution is 2.28. The van der Waals surface area contributed by atoms with Crippen LogP contribution in [0.15, 0.2) is 24.8 Å². The zero-order valence-electron chi connectivity index (χ0n) is 6.92. The van der Waals surface area contributed by atoms with Gasteiger partial charge in [-0.2, -0.15) is 0 Å². The number of ketones is 1. The summed E-state index contributed by atoms with van der Waals surface area (Å²) in [6.07, 6.45) is 8.01. The van der Waals surface area contributed by atoms with Crippen LogP contribution in [0.3, 0.4) is 0 Å². The molecular weight excluding hydrogens is 136 g/mol. The number of hydrogen-bond donors (Lipinski definition) is 0. The molecule has 0 spiro atoms. The van der Waals surface area contributed by atoms with Gasteiger partial charge in [0.1, 0.15) is 5.78 Å². The minimum absolute atomic E-state index is 0.160. The molecule has 0 aromatic carbocycles. The molecule has 1 nitrogen and oxygen atoms in total. The van der Waals surface area contributed by atoms with Crippen LogP contribution in [0.4, 0.5) is 0 Å². The highest BCUT2D eigenvalue weighted by atomic mass is 16.1. The van der Waals surface area contributed by atoms with Crippen molar-refractivity contribution in [1.82, 2.24) is 0 Å². The maximum absolute atomic E-state index is 11.0. The van der Waals surface area contributed by atoms with Crippen LogP contribution >= 0.6 is 0 Å². The van der Waals surface area contributed by atoms with Gasteiger partial charge in [0.15, 0.2) is 0 Å². The maximum atomic E-state index is 11.0. The summed E-state index contributed by atoms with van der Waals surface area (Å²) >= 11 is 0. The highest BCUT2D eigenvalue weighted by Gasteiger charge is 2.24. The first-order chi connectivity index (χ1) is 5.25. The van der Waals surface area contributed by atoms with Crippen LogP contribution in [0.5, 0.6) is 0 Å². The van der Waals surface area contributed by atoms with Crippen molar-refractivity contribution in [2.24, 2.45) is 11.8 Å². The molecule has 0 bridgehead atoms. The molecule has 1 rings (SSSR count). The van der Waals surface area contributed by atoms with Crippen molar-refractivity contribution in [2.45, 2.75) is 19.8 Å². The van der Waals surface area contributed by atoms with Gasteiger partial charge < -0.3 is 0 Å². The van der Waals surface area contributed by atoms with Gasteiger partial charge in [-0.15, -0.1) is 6.58 Å². The monoisotopic (exact) mass is 150 g/mol. The van der Waals surface area contributed by atoms with Gasteiger partial charge in [0.2, 0.25) is 0 Å². The molecule has 0 aromatic heterocycles. The van der Waals surface area contributed by atoms with Crippen molar-refractivity contribution >= 4 is 5.78 Å². The quantitative estimate of drug-likeness (QED) is 0.564. The molecule has 0 N–H and O–H groups in total. The number of hydrogen-bond acceptors (Lipinski definition) is 1. The van der Waals surface area contributed by atoms with Crippen LogP contribution in [0.2, 0.25) is 0 Å². The Hall–Kier alpha value is -0.850. The molecule has 0 aliphatic heterocycles. The van der Waals surface area contributed by atoms with Gasteiger partial charge in [-0.25, -0.2) is 0 Å². The van der Waals surface area contributed by atoms with Crippen molar-refractivity contribution in [3.05, 3.63) is 24.8 Å². The molecule has 0 radical (unpaired) electrons. The second kappa shape index (κ2) is 3.51. The van der Waals surface area contributed by atoms with Gasteiger partial charge >= 0.3 is 0 Å². The first kappa shape index (κ1) is 8.25. The lowest BCUT2D eigenvalue weighted by molar-refractivity contribution is -0.120. The lowest BCUT2D eigenvalue weighted by Crippen LogP contribution is -2.15. The minimum atomic E-state index is 0.160. The van der Waals surface area contributed by atoms with Crippen LogP contribution in [0.1, 0.15) is 19.8 Å². The van der Waals surface area contributed by atoms with E-state index in [1.807, 2.05) is 12.2 Å². The Morgan fingerprint density at radius 1 is 1.82 bits per heavy atom. The second-order valence-electron chi connectivity index (χ2n) is 3.08. The molecule has 60 valence electrons. The smallest absolute Gasteiger partial charge is 0.136 e. The second-order valence-corrected chi connectivity index (χ2v) is 3.08. The molecule has 1 aliphatic carbocycles. The zero-order valence-corrected chi connectivity index (χ0v) is 6.92. The lowest BCUT2D eigenvalue weighted by Gasteiger charge is -2.13. The summed E-state index contributed by atoms with van der Waals surface area (Å²) < 4.78 is 0. The average molecular weight is 150 g/mol. The van der Waals surface area contributed by atoms with Crippen molar-refractivity contribution in [3.8, 4) is 0 Å². The summed E-state index contributed by atoms with van der Waals surface area (Å²) in [6, 6.07) is 0. The molecule has 0 saturated carbocycles. The van der Waals surface area contributed by atoms with Crippen LogP contribution in [-0.4, -0.2) is 5.78 Å². The van der Waals surface area contributed by atoms with Gasteiger partial charge in [-0.3, -0.25) is 4.79 Å². The molecule has 0 saturated heterocycles. The van der Waals surface area contributed by atoms with E-state index in [-0.39, 0.29) is 11.7 Å². The van der Waals surface area contributed by atoms with Crippen molar-refractivity contribution in [3.63, 3.8) is 0 Å². The Balaban J connectivity index is 2.55. The van der Waals surface area contributed by atoms with Gasteiger partial charge in [-0.1, -0.05) is 18.2 Å². The van der Waals surface area contributed by atoms with E-state index in [4.69, 9.17) is 0 Å². The third-order valence-electron chi connectivity index (χ3n) is 2.23. The summed E-state index contributed by atoms with van der Waals surface area (Å²) in [5.74, 6) is 0.934. The summed E-state index contributed by atoms with van der Waals surface area (Å²) in [7, 11) is 0. The highest BCUT2D eigenvalue weighted by molar-refractivity contribution is 5.80. The zero-order chi connectivity index (χ0) is 8.27. The van der Waals surface area contributed by atoms with Gasteiger partial charge in [-0.05, 0) is 25.7 Å². The molecule has 0 fully saturated rings. The maximum Gasteiger partial charge on any atom is 0.136 e. The number of rotatable bonds is 3. The van der Waals surface area contributed by atoms with E-state index < -0.39 is 0 Å². The average Bonchev–Trinajstić information content (AvgIpc) is 2.36. The number of allylic oxidation sites excluding steroid dienone is 3. The predicted octanol–water partition coefficient (Wildman–Crippen LogP) is 2.34. The number of carbonyl (C=O) groups excluding carboxylic acids is 1. The molecule has 1 heteroatoms. The molecule has 0 amide bonds. The van der Waals surface area contributed by atoms with Crippen LogP contribution < -0.4 is 0 Å². The van der Waals surface area contributed by atoms with Crippen LogP contribution in [0.25, 0.3) is 0 Å². The van der Waals surface area contributed by atoms with E-state index in [2.05, 4.69) is 12.7 Å². The number of Topliss-reactive ketones (excluding diaryl/α,β-unsaturated/α-hetero) is 1. The SMILES string of the molecule is C=CCC1CC=CC1C(C)=O. The molecule has 11 heavy (non-hydrogen) atoms. The summed E-state index contributed by atoms with van der Waals surface area (Å²) in [6.45, 7) is 5.34. The molecular formula is C10H14O. The van der Waals surface area contributed by atoms with E-state index >= 15 is 0 Å². The van der Waals surface area contributed by atoms with E-state index in [0.717, 1.165) is 12.8 Å². The van der Waals surface area contributed by atoms with Crippen LogP contribution in [0, 0.1) is 11.8 Å². The Labute approximate surface area is 67.8 Å². The molecule has 2 atom stereocenters. The molecule has 0 aromatic rings. The first-order valence-electron chi connectivity index (χ1n) is 4.03. The van der Waals surface area contributed by atoms with Crippen molar-refractivity contribution in [1.29, 1.82) is 0 Å². The Kier molecular flexibility index (Phi) is 2.64. The largest absolute Gasteiger partial charge is 0.299 e. The minimum Gasteiger partial charge on any atom is -0.299 e. The van der Waals surface area contributed by atoms with Crippen LogP contribution in [-0.2, 0) is 4.79 Å². The summed E-state index contributed by atoms with van der Waals surface area (Å²) in [4.78, 5) is 11.0. The predicted molar refractivity (Wildman–Crippen MR) is 46.2 cm³/mol. The third-order valence-corrected chi connectivity index (χ3v) is 2.23. The third kappa shape index (κ3) is 1.79. The number of carbonyl (C=O) groups is 1. The Morgan fingerprint density at radius 3 is 3.09 bits per heavy atom. The standard InChI is InChI=1S/C10H14O/c1-3-5-9-6-4-7-10(9)8(2)11/h3-4,7,9-10H,1,5-6H2,2H3. The Morgan fingerprint density at radius 2 is 2.55 bits per heavy atom. The summed E-state index contributed by atoms with van der Waals surface area (Å²) in [5.41, 5.74) is 0. The normalized spacial score (nSPS) is 28.8. The fourth-order valence-electron chi connectivity index (χ4n) is 1.63. The van der Waals surface area contributed by atoms with Crippen molar-refractivity contribution < 1.29 is 4.79 Å². The van der Waals surface area contributed by atoms with E-state index in [1.165, 1.54) is 0 Å². The summed E-state index contributed by atoms with van der Waals surface area (Å²) in [5, 5.41) is 0. The fourth-order valence-corrected chi connectivity index (χ4v) is 1.63. The Bertz CT molecular complexity index is 191. The van der Waals surface area contributed by atoms with Crippen molar-refractivity contribution in [2.75, 3.05) is 0 Å². The topological polar surface area (TPSA) is 17.1 Å². The molecule has 0 heterocycles. The first-order valence-corrected chi connectivity index (χ1v) is 4.03. The van der Waals surface area contributed by atoms with E-state index in [0.29, 0.717) is 5.92 Å². The van der Waals surface area contributed by atoms with Gasteiger partial charge in [0, 0.05) is 5.92 Å².